The van der Waals surface area contributed by atoms with Crippen LogP contribution in [-0.4, -0.2) is 28.4 Å². The van der Waals surface area contributed by atoms with Gasteiger partial charge in [-0.25, -0.2) is 10.4 Å². The van der Waals surface area contributed by atoms with E-state index in [0.29, 0.717) is 25.8 Å². The molecule has 5 nitrogen and oxygen atoms in total. The van der Waals surface area contributed by atoms with Crippen molar-refractivity contribution in [3.63, 3.8) is 0 Å². The van der Waals surface area contributed by atoms with Crippen molar-refractivity contribution in [3.8, 4) is 0 Å². The Morgan fingerprint density at radius 2 is 1.90 bits per heavy atom. The molecule has 1 saturated heterocycles. The Bertz CT molecular complexity index is 631. The van der Waals surface area contributed by atoms with Crippen LogP contribution in [0.5, 0.6) is 0 Å². The van der Waals surface area contributed by atoms with Crippen molar-refractivity contribution in [1.29, 1.82) is 0 Å². The zero-order valence-electron chi connectivity index (χ0n) is 11.2. The largest absolute Gasteiger partial charge is 0.361 e. The predicted molar refractivity (Wildman–Crippen MR) is 75.7 cm³/mol. The Morgan fingerprint density at radius 1 is 1.15 bits per heavy atom. The molecule has 2 heterocycles. The minimum atomic E-state index is -0.125. The molecule has 1 aromatic carbocycles. The molecule has 1 aromatic heterocycles. The molecule has 3 rings (SSSR count). The lowest BCUT2D eigenvalue weighted by atomic mass is 10.1. The molecule has 2 amide bonds. The lowest BCUT2D eigenvalue weighted by Crippen LogP contribution is -2.49. The van der Waals surface area contributed by atoms with E-state index in [1.165, 1.54) is 16.0 Å². The normalized spacial score (nSPS) is 16.1. The molecule has 1 aliphatic heterocycles. The summed E-state index contributed by atoms with van der Waals surface area (Å²) in [6, 6.07) is 8.10. The second kappa shape index (κ2) is 5.46. The zero-order chi connectivity index (χ0) is 13.9. The molecule has 20 heavy (non-hydrogen) atoms. The van der Waals surface area contributed by atoms with Gasteiger partial charge in [0.05, 0.1) is 0 Å². The third kappa shape index (κ3) is 2.44. The van der Waals surface area contributed by atoms with Gasteiger partial charge in [-0.15, -0.1) is 0 Å². The summed E-state index contributed by atoms with van der Waals surface area (Å²) in [5, 5.41) is 2.36. The summed E-state index contributed by atoms with van der Waals surface area (Å²) in [6.07, 6.45) is 4.31. The summed E-state index contributed by atoms with van der Waals surface area (Å²) in [5.41, 5.74) is 5.23. The average Bonchev–Trinajstić information content (AvgIpc) is 2.86. The summed E-state index contributed by atoms with van der Waals surface area (Å²) in [6.45, 7) is 0.569. The Labute approximate surface area is 116 Å². The van der Waals surface area contributed by atoms with Crippen molar-refractivity contribution >= 4 is 22.7 Å². The van der Waals surface area contributed by atoms with Crippen LogP contribution in [0.25, 0.3) is 10.9 Å². The fourth-order valence-electron chi connectivity index (χ4n) is 2.57. The number of piperidine rings is 1. The fourth-order valence-corrected chi connectivity index (χ4v) is 2.57. The number of hydrogen-bond donors (Lipinski definition) is 2. The molecule has 0 atom stereocenters. The molecule has 0 radical (unpaired) electrons. The van der Waals surface area contributed by atoms with Crippen LogP contribution < -0.4 is 5.43 Å². The highest BCUT2D eigenvalue weighted by Crippen LogP contribution is 2.18. The Balaban J connectivity index is 1.62. The fraction of sp³-hybridized carbons (Fsp3) is 0.333. The third-order valence-corrected chi connectivity index (χ3v) is 3.62. The molecule has 2 aromatic rings. The van der Waals surface area contributed by atoms with Gasteiger partial charge in [-0.3, -0.25) is 9.59 Å². The van der Waals surface area contributed by atoms with Gasteiger partial charge in [0.2, 0.25) is 11.8 Å². The number of imide groups is 1. The summed E-state index contributed by atoms with van der Waals surface area (Å²) < 4.78 is 0. The highest BCUT2D eigenvalue weighted by Gasteiger charge is 2.25. The predicted octanol–water partition coefficient (Wildman–Crippen LogP) is 1.75. The molecule has 0 unspecified atom stereocenters. The number of carbonyl (C=O) groups excluding carboxylic acids is 2. The first-order chi connectivity index (χ1) is 9.75. The number of aromatic amines is 1. The van der Waals surface area contributed by atoms with E-state index in [0.717, 1.165) is 11.9 Å². The Morgan fingerprint density at radius 3 is 2.70 bits per heavy atom. The molecule has 0 saturated carbocycles. The summed E-state index contributed by atoms with van der Waals surface area (Å²) in [5.74, 6) is -0.250. The van der Waals surface area contributed by atoms with Crippen molar-refractivity contribution in [3.05, 3.63) is 36.0 Å². The number of amides is 2. The number of benzene rings is 1. The number of nitrogens with zero attached hydrogens (tertiary/aromatic N) is 1. The van der Waals surface area contributed by atoms with E-state index in [2.05, 4.69) is 16.5 Å². The number of hydrogen-bond acceptors (Lipinski definition) is 3. The van der Waals surface area contributed by atoms with Crippen LogP contribution in [0.1, 0.15) is 24.8 Å². The zero-order valence-corrected chi connectivity index (χ0v) is 11.2. The minimum Gasteiger partial charge on any atom is -0.361 e. The van der Waals surface area contributed by atoms with Gasteiger partial charge in [0, 0.05) is 36.5 Å². The quantitative estimate of drug-likeness (QED) is 0.833. The number of para-hydroxylation sites is 1. The first-order valence-electron chi connectivity index (χ1n) is 6.90. The van der Waals surface area contributed by atoms with E-state index < -0.39 is 0 Å². The van der Waals surface area contributed by atoms with Crippen molar-refractivity contribution in [1.82, 2.24) is 15.4 Å². The second-order valence-electron chi connectivity index (χ2n) is 4.99. The summed E-state index contributed by atoms with van der Waals surface area (Å²) >= 11 is 0. The minimum absolute atomic E-state index is 0.125. The van der Waals surface area contributed by atoms with Crippen LogP contribution >= 0.6 is 0 Å². The van der Waals surface area contributed by atoms with Gasteiger partial charge < -0.3 is 4.98 Å². The molecule has 2 N–H and O–H groups in total. The number of carbonyl (C=O) groups is 2. The lowest BCUT2D eigenvalue weighted by Gasteiger charge is -2.25. The second-order valence-corrected chi connectivity index (χ2v) is 4.99. The highest BCUT2D eigenvalue weighted by molar-refractivity contribution is 5.96. The summed E-state index contributed by atoms with van der Waals surface area (Å²) in [4.78, 5) is 26.5. The van der Waals surface area contributed by atoms with E-state index in [1.807, 2.05) is 24.4 Å². The van der Waals surface area contributed by atoms with Crippen molar-refractivity contribution < 1.29 is 9.59 Å². The molecule has 0 aliphatic carbocycles. The van der Waals surface area contributed by atoms with Crippen LogP contribution in [0.15, 0.2) is 30.5 Å². The molecular formula is C15H17N3O2. The van der Waals surface area contributed by atoms with Gasteiger partial charge in [0.15, 0.2) is 0 Å². The van der Waals surface area contributed by atoms with E-state index in [-0.39, 0.29) is 11.8 Å². The van der Waals surface area contributed by atoms with Crippen molar-refractivity contribution in [2.45, 2.75) is 25.7 Å². The standard InChI is InChI=1S/C15H17N3O2/c19-14-6-3-7-15(20)18(14)17-9-8-11-10-16-13-5-2-1-4-12(11)13/h1-2,4-5,10,16-17H,3,6-9H2. The molecule has 5 heteroatoms. The number of hydrazine groups is 1. The van der Waals surface area contributed by atoms with Gasteiger partial charge >= 0.3 is 0 Å². The first-order valence-corrected chi connectivity index (χ1v) is 6.90. The van der Waals surface area contributed by atoms with Gasteiger partial charge in [-0.1, -0.05) is 18.2 Å². The Hall–Kier alpha value is -2.14. The SMILES string of the molecule is O=C1CCCC(=O)N1NCCc1c[nH]c2ccccc12. The summed E-state index contributed by atoms with van der Waals surface area (Å²) in [7, 11) is 0. The highest BCUT2D eigenvalue weighted by atomic mass is 16.2. The third-order valence-electron chi connectivity index (χ3n) is 3.62. The number of aromatic nitrogens is 1. The maximum Gasteiger partial charge on any atom is 0.243 e. The van der Waals surface area contributed by atoms with Crippen LogP contribution in [-0.2, 0) is 16.0 Å². The first kappa shape index (κ1) is 12.9. The Kier molecular flexibility index (Phi) is 3.52. The number of rotatable bonds is 4. The number of H-pyrrole nitrogens is 1. The molecule has 1 aliphatic rings. The van der Waals surface area contributed by atoms with Gasteiger partial charge in [-0.2, -0.15) is 0 Å². The topological polar surface area (TPSA) is 65.2 Å². The van der Waals surface area contributed by atoms with Crippen LogP contribution in [0.4, 0.5) is 0 Å². The molecular weight excluding hydrogens is 254 g/mol. The van der Waals surface area contributed by atoms with Gasteiger partial charge in [0.1, 0.15) is 0 Å². The maximum atomic E-state index is 11.6. The number of fused-ring (bicyclic) bond motifs is 1. The van der Waals surface area contributed by atoms with Crippen LogP contribution in [0, 0.1) is 0 Å². The maximum absolute atomic E-state index is 11.6. The smallest absolute Gasteiger partial charge is 0.243 e. The number of nitrogens with one attached hydrogen (secondary N) is 2. The van der Waals surface area contributed by atoms with E-state index in [1.54, 1.807) is 0 Å². The van der Waals surface area contributed by atoms with Gasteiger partial charge in [0.25, 0.3) is 0 Å². The van der Waals surface area contributed by atoms with E-state index in [4.69, 9.17) is 0 Å². The van der Waals surface area contributed by atoms with Crippen LogP contribution in [0.2, 0.25) is 0 Å². The monoisotopic (exact) mass is 271 g/mol. The van der Waals surface area contributed by atoms with E-state index >= 15 is 0 Å². The van der Waals surface area contributed by atoms with Gasteiger partial charge in [-0.05, 0) is 24.5 Å². The molecule has 0 bridgehead atoms. The van der Waals surface area contributed by atoms with Crippen molar-refractivity contribution in [2.24, 2.45) is 0 Å². The molecule has 0 spiro atoms. The molecule has 104 valence electrons. The average molecular weight is 271 g/mol. The van der Waals surface area contributed by atoms with Crippen molar-refractivity contribution in [2.75, 3.05) is 6.54 Å². The van der Waals surface area contributed by atoms with E-state index in [9.17, 15) is 9.59 Å². The molecule has 1 fully saturated rings. The lowest BCUT2D eigenvalue weighted by molar-refractivity contribution is -0.151. The van der Waals surface area contributed by atoms with Crippen LogP contribution in [0.3, 0.4) is 0 Å².